The van der Waals surface area contributed by atoms with Crippen LogP contribution in [0.4, 0.5) is 5.69 Å². The fourth-order valence-corrected chi connectivity index (χ4v) is 4.58. The first-order chi connectivity index (χ1) is 15.6. The summed E-state index contributed by atoms with van der Waals surface area (Å²) in [5.74, 6) is -0.687. The van der Waals surface area contributed by atoms with Crippen molar-refractivity contribution in [1.29, 1.82) is 0 Å². The Bertz CT molecular complexity index is 1030. The van der Waals surface area contributed by atoms with E-state index in [1.807, 2.05) is 37.3 Å². The lowest BCUT2D eigenvalue weighted by Gasteiger charge is -2.31. The van der Waals surface area contributed by atoms with Crippen molar-refractivity contribution in [1.82, 2.24) is 10.2 Å². The van der Waals surface area contributed by atoms with Crippen LogP contribution in [-0.2, 0) is 26.0 Å². The molecule has 0 saturated carbocycles. The Balaban J connectivity index is 2.26. The highest BCUT2D eigenvalue weighted by Gasteiger charge is 2.29. The average Bonchev–Trinajstić information content (AvgIpc) is 2.77. The molecule has 180 valence electrons. The number of nitrogens with zero attached hydrogens (tertiary/aromatic N) is 2. The van der Waals surface area contributed by atoms with Gasteiger partial charge in [-0.1, -0.05) is 65.7 Å². The molecule has 1 N–H and O–H groups in total. The summed E-state index contributed by atoms with van der Waals surface area (Å²) < 4.78 is 26.8. The minimum absolute atomic E-state index is 0.252. The number of rotatable bonds is 12. The number of carbonyl (C=O) groups excluding carboxylic acids is 2. The number of nitrogens with one attached hydrogen (secondary N) is 1. The smallest absolute Gasteiger partial charge is 0.244 e. The molecule has 0 heterocycles. The SMILES string of the molecule is CCCCNC(=O)[C@H](C)N(CCc1ccccc1)C(=O)CN(c1cccc(Br)c1)S(C)(=O)=O. The normalized spacial score (nSPS) is 12.1. The van der Waals surface area contributed by atoms with Gasteiger partial charge in [-0.2, -0.15) is 0 Å². The second kappa shape index (κ2) is 12.7. The van der Waals surface area contributed by atoms with Gasteiger partial charge in [0.1, 0.15) is 12.6 Å². The molecule has 7 nitrogen and oxygen atoms in total. The zero-order chi connectivity index (χ0) is 24.4. The molecule has 0 aliphatic rings. The summed E-state index contributed by atoms with van der Waals surface area (Å²) in [6.45, 7) is 4.15. The van der Waals surface area contributed by atoms with Crippen molar-refractivity contribution >= 4 is 43.5 Å². The molecule has 0 saturated heterocycles. The third-order valence-corrected chi connectivity index (χ3v) is 6.89. The highest BCUT2D eigenvalue weighted by Crippen LogP contribution is 2.22. The molecule has 1 atom stereocenters. The van der Waals surface area contributed by atoms with Gasteiger partial charge >= 0.3 is 0 Å². The van der Waals surface area contributed by atoms with Crippen LogP contribution in [0, 0.1) is 0 Å². The van der Waals surface area contributed by atoms with E-state index in [0.29, 0.717) is 29.7 Å². The molecular weight excluding hydrogens is 506 g/mol. The number of hydrogen-bond donors (Lipinski definition) is 1. The third-order valence-electron chi connectivity index (χ3n) is 5.26. The van der Waals surface area contributed by atoms with Crippen LogP contribution in [0.15, 0.2) is 59.1 Å². The van der Waals surface area contributed by atoms with E-state index in [1.165, 1.54) is 4.90 Å². The summed E-state index contributed by atoms with van der Waals surface area (Å²) in [6.07, 6.45) is 3.41. The van der Waals surface area contributed by atoms with Gasteiger partial charge in [0.15, 0.2) is 0 Å². The zero-order valence-corrected chi connectivity index (χ0v) is 21.7. The van der Waals surface area contributed by atoms with Crippen LogP contribution in [0.25, 0.3) is 0 Å². The van der Waals surface area contributed by atoms with E-state index in [2.05, 4.69) is 21.2 Å². The van der Waals surface area contributed by atoms with Crippen molar-refractivity contribution in [2.75, 3.05) is 30.2 Å². The lowest BCUT2D eigenvalue weighted by molar-refractivity contribution is -0.138. The van der Waals surface area contributed by atoms with Crippen LogP contribution >= 0.6 is 15.9 Å². The molecule has 0 fully saturated rings. The Kier molecular flexibility index (Phi) is 10.4. The topological polar surface area (TPSA) is 86.8 Å². The Morgan fingerprint density at radius 2 is 1.79 bits per heavy atom. The van der Waals surface area contributed by atoms with Gasteiger partial charge in [0.2, 0.25) is 21.8 Å². The van der Waals surface area contributed by atoms with Gasteiger partial charge in [-0.05, 0) is 43.5 Å². The number of anilines is 1. The van der Waals surface area contributed by atoms with Crippen molar-refractivity contribution in [3.05, 3.63) is 64.6 Å². The van der Waals surface area contributed by atoms with Gasteiger partial charge in [-0.25, -0.2) is 8.42 Å². The highest BCUT2D eigenvalue weighted by molar-refractivity contribution is 9.10. The van der Waals surface area contributed by atoms with Gasteiger partial charge in [0.25, 0.3) is 0 Å². The van der Waals surface area contributed by atoms with Gasteiger partial charge in [-0.15, -0.1) is 0 Å². The Labute approximate surface area is 205 Å². The fourth-order valence-electron chi connectivity index (χ4n) is 3.35. The van der Waals surface area contributed by atoms with Crippen LogP contribution in [-0.4, -0.2) is 57.1 Å². The number of benzene rings is 2. The molecule has 0 aliphatic carbocycles. The predicted molar refractivity (Wildman–Crippen MR) is 136 cm³/mol. The molecule has 0 unspecified atom stereocenters. The van der Waals surface area contributed by atoms with Crippen LogP contribution in [0.1, 0.15) is 32.3 Å². The highest BCUT2D eigenvalue weighted by atomic mass is 79.9. The van der Waals surface area contributed by atoms with E-state index in [-0.39, 0.29) is 5.91 Å². The average molecular weight is 539 g/mol. The second-order valence-corrected chi connectivity index (χ2v) is 10.7. The van der Waals surface area contributed by atoms with Crippen molar-refractivity contribution in [3.8, 4) is 0 Å². The first-order valence-electron chi connectivity index (χ1n) is 11.0. The van der Waals surface area contributed by atoms with Crippen molar-refractivity contribution in [3.63, 3.8) is 0 Å². The van der Waals surface area contributed by atoms with E-state index in [9.17, 15) is 18.0 Å². The Morgan fingerprint density at radius 1 is 1.09 bits per heavy atom. The van der Waals surface area contributed by atoms with E-state index in [1.54, 1.807) is 31.2 Å². The number of halogens is 1. The van der Waals surface area contributed by atoms with E-state index < -0.39 is 28.5 Å². The van der Waals surface area contributed by atoms with E-state index in [4.69, 9.17) is 0 Å². The fraction of sp³-hybridized carbons (Fsp3) is 0.417. The molecule has 2 amide bonds. The molecule has 0 bridgehead atoms. The van der Waals surface area contributed by atoms with E-state index in [0.717, 1.165) is 29.0 Å². The molecule has 2 aromatic carbocycles. The first-order valence-corrected chi connectivity index (χ1v) is 13.6. The molecule has 9 heteroatoms. The number of hydrogen-bond acceptors (Lipinski definition) is 4. The number of carbonyl (C=O) groups is 2. The van der Waals surface area contributed by atoms with Gasteiger partial charge in [-0.3, -0.25) is 13.9 Å². The molecule has 33 heavy (non-hydrogen) atoms. The summed E-state index contributed by atoms with van der Waals surface area (Å²) in [5, 5.41) is 2.87. The number of unbranched alkanes of at least 4 members (excludes halogenated alkanes) is 1. The van der Waals surface area contributed by atoms with Crippen molar-refractivity contribution < 1.29 is 18.0 Å². The standard InChI is InChI=1S/C24H32BrN3O4S/c1-4-5-15-26-24(30)19(2)27(16-14-20-10-7-6-8-11-20)23(29)18-28(33(3,31)32)22-13-9-12-21(25)17-22/h6-13,17,19H,4-5,14-16,18H2,1-3H3,(H,26,30)/t19-/m0/s1. The molecular formula is C24H32BrN3O4S. The number of amides is 2. The molecule has 2 rings (SSSR count). The zero-order valence-electron chi connectivity index (χ0n) is 19.3. The molecule has 0 aromatic heterocycles. The number of sulfonamides is 1. The summed E-state index contributed by atoms with van der Waals surface area (Å²) in [5.41, 5.74) is 1.41. The largest absolute Gasteiger partial charge is 0.354 e. The summed E-state index contributed by atoms with van der Waals surface area (Å²) >= 11 is 3.35. The maximum Gasteiger partial charge on any atom is 0.244 e. The summed E-state index contributed by atoms with van der Waals surface area (Å²) in [6, 6.07) is 15.7. The van der Waals surface area contributed by atoms with Crippen molar-refractivity contribution in [2.24, 2.45) is 0 Å². The van der Waals surface area contributed by atoms with E-state index >= 15 is 0 Å². The van der Waals surface area contributed by atoms with Crippen molar-refractivity contribution in [2.45, 2.75) is 39.2 Å². The monoisotopic (exact) mass is 537 g/mol. The van der Waals surface area contributed by atoms with Crippen LogP contribution < -0.4 is 9.62 Å². The van der Waals surface area contributed by atoms with Gasteiger partial charge < -0.3 is 10.2 Å². The lowest BCUT2D eigenvalue weighted by Crippen LogP contribution is -2.52. The maximum atomic E-state index is 13.4. The Hall–Kier alpha value is -2.39. The minimum atomic E-state index is -3.73. The quantitative estimate of drug-likeness (QED) is 0.419. The van der Waals surface area contributed by atoms with Crippen LogP contribution in [0.5, 0.6) is 0 Å². The minimum Gasteiger partial charge on any atom is -0.354 e. The molecule has 0 spiro atoms. The maximum absolute atomic E-state index is 13.4. The Morgan fingerprint density at radius 3 is 2.39 bits per heavy atom. The predicted octanol–water partition coefficient (Wildman–Crippen LogP) is 3.59. The van der Waals surface area contributed by atoms with Gasteiger partial charge in [0, 0.05) is 17.6 Å². The van der Waals surface area contributed by atoms with Crippen LogP contribution in [0.2, 0.25) is 0 Å². The molecule has 2 aromatic rings. The summed E-state index contributed by atoms with van der Waals surface area (Å²) in [4.78, 5) is 27.6. The lowest BCUT2D eigenvalue weighted by atomic mass is 10.1. The van der Waals surface area contributed by atoms with Gasteiger partial charge in [0.05, 0.1) is 11.9 Å². The third kappa shape index (κ3) is 8.47. The van der Waals surface area contributed by atoms with Crippen LogP contribution in [0.3, 0.4) is 0 Å². The second-order valence-electron chi connectivity index (χ2n) is 7.89. The molecule has 0 aliphatic heterocycles. The molecule has 0 radical (unpaired) electrons. The summed E-state index contributed by atoms with van der Waals surface area (Å²) in [7, 11) is -3.73. The first kappa shape index (κ1) is 26.9.